The lowest BCUT2D eigenvalue weighted by Gasteiger charge is -2.16. The molecule has 0 fully saturated rings. The summed E-state index contributed by atoms with van der Waals surface area (Å²) < 4.78 is 42.2. The van der Waals surface area contributed by atoms with Gasteiger partial charge in [0.1, 0.15) is 6.04 Å². The van der Waals surface area contributed by atoms with Crippen LogP contribution in [0, 0.1) is 0 Å². The maximum atomic E-state index is 12.5. The van der Waals surface area contributed by atoms with E-state index in [9.17, 15) is 27.6 Å². The monoisotopic (exact) mass is 360 g/mol. The Labute approximate surface area is 142 Å². The minimum atomic E-state index is -4.46. The van der Waals surface area contributed by atoms with Gasteiger partial charge in [-0.15, -0.1) is 0 Å². The van der Waals surface area contributed by atoms with Crippen molar-refractivity contribution in [2.45, 2.75) is 38.4 Å². The van der Waals surface area contributed by atoms with Crippen LogP contribution in [0.1, 0.15) is 30.9 Å². The normalized spacial score (nSPS) is 12.3. The van der Waals surface area contributed by atoms with Crippen LogP contribution in [0.25, 0.3) is 0 Å². The standard InChI is InChI=1S/C16H19F3N2O4/c1-2-25-14(23)8-7-13(22)21-12(15(20)24)9-10-3-5-11(6-4-10)16(17,18)19/h3-6,12H,2,7-9H2,1H3,(H2,20,24)(H,21,22)/t12-/m1/s1. The highest BCUT2D eigenvalue weighted by Crippen LogP contribution is 2.29. The summed E-state index contributed by atoms with van der Waals surface area (Å²) in [6, 6.07) is 3.10. The summed E-state index contributed by atoms with van der Waals surface area (Å²) in [7, 11) is 0. The van der Waals surface area contributed by atoms with Gasteiger partial charge in [0.25, 0.3) is 0 Å². The van der Waals surface area contributed by atoms with Crippen LogP contribution in [0.15, 0.2) is 24.3 Å². The van der Waals surface area contributed by atoms with Gasteiger partial charge in [0, 0.05) is 12.8 Å². The second kappa shape index (κ2) is 9.05. The Kier molecular flexibility index (Phi) is 7.41. The largest absolute Gasteiger partial charge is 0.466 e. The molecule has 0 aliphatic heterocycles. The van der Waals surface area contributed by atoms with Crippen molar-refractivity contribution in [3.63, 3.8) is 0 Å². The summed E-state index contributed by atoms with van der Waals surface area (Å²) in [5.74, 6) is -1.95. The fourth-order valence-electron chi connectivity index (χ4n) is 2.00. The number of nitrogens with two attached hydrogens (primary N) is 1. The third-order valence-electron chi connectivity index (χ3n) is 3.26. The molecule has 1 aromatic rings. The van der Waals surface area contributed by atoms with Gasteiger partial charge >= 0.3 is 12.1 Å². The molecule has 25 heavy (non-hydrogen) atoms. The van der Waals surface area contributed by atoms with E-state index in [1.807, 2.05) is 0 Å². The molecule has 0 heterocycles. The van der Waals surface area contributed by atoms with Crippen LogP contribution in [0.4, 0.5) is 13.2 Å². The highest BCUT2D eigenvalue weighted by atomic mass is 19.4. The van der Waals surface area contributed by atoms with Crippen molar-refractivity contribution in [1.29, 1.82) is 0 Å². The van der Waals surface area contributed by atoms with Crippen molar-refractivity contribution in [3.05, 3.63) is 35.4 Å². The van der Waals surface area contributed by atoms with Gasteiger partial charge in [0.2, 0.25) is 11.8 Å². The lowest BCUT2D eigenvalue weighted by atomic mass is 10.0. The van der Waals surface area contributed by atoms with Crippen LogP contribution < -0.4 is 11.1 Å². The molecule has 0 spiro atoms. The number of hydrogen-bond acceptors (Lipinski definition) is 4. The summed E-state index contributed by atoms with van der Waals surface area (Å²) in [6.45, 7) is 1.82. The fraction of sp³-hybridized carbons (Fsp3) is 0.438. The molecule has 0 aliphatic carbocycles. The lowest BCUT2D eigenvalue weighted by Crippen LogP contribution is -2.45. The molecule has 0 bridgehead atoms. The number of esters is 1. The molecule has 1 aromatic carbocycles. The molecule has 6 nitrogen and oxygen atoms in total. The van der Waals surface area contributed by atoms with Crippen molar-refractivity contribution < 1.29 is 32.3 Å². The first-order valence-electron chi connectivity index (χ1n) is 7.54. The maximum Gasteiger partial charge on any atom is 0.416 e. The summed E-state index contributed by atoms with van der Waals surface area (Å²) in [5, 5.41) is 2.36. The molecule has 0 saturated carbocycles. The molecule has 9 heteroatoms. The van der Waals surface area contributed by atoms with Crippen molar-refractivity contribution >= 4 is 17.8 Å². The number of alkyl halides is 3. The average molecular weight is 360 g/mol. The first-order valence-corrected chi connectivity index (χ1v) is 7.54. The highest BCUT2D eigenvalue weighted by Gasteiger charge is 2.30. The molecule has 0 aromatic heterocycles. The predicted octanol–water partition coefficient (Wildman–Crippen LogP) is 1.56. The topological polar surface area (TPSA) is 98.5 Å². The number of ether oxygens (including phenoxy) is 1. The number of rotatable bonds is 8. The Morgan fingerprint density at radius 1 is 1.16 bits per heavy atom. The van der Waals surface area contributed by atoms with E-state index in [-0.39, 0.29) is 25.9 Å². The van der Waals surface area contributed by atoms with Gasteiger partial charge in [-0.2, -0.15) is 13.2 Å². The summed E-state index contributed by atoms with van der Waals surface area (Å²) in [4.78, 5) is 34.4. The van der Waals surface area contributed by atoms with Gasteiger partial charge in [-0.25, -0.2) is 0 Å². The average Bonchev–Trinajstić information content (AvgIpc) is 2.52. The second-order valence-corrected chi connectivity index (χ2v) is 5.23. The smallest absolute Gasteiger partial charge is 0.416 e. The molecular formula is C16H19F3N2O4. The van der Waals surface area contributed by atoms with Crippen molar-refractivity contribution in [1.82, 2.24) is 5.32 Å². The van der Waals surface area contributed by atoms with Crippen LogP contribution in [0.5, 0.6) is 0 Å². The summed E-state index contributed by atoms with van der Waals surface area (Å²) in [6.07, 6.45) is -4.84. The van der Waals surface area contributed by atoms with Gasteiger partial charge in [0.15, 0.2) is 0 Å². The van der Waals surface area contributed by atoms with Crippen LogP contribution >= 0.6 is 0 Å². The maximum absolute atomic E-state index is 12.5. The predicted molar refractivity (Wildman–Crippen MR) is 82.1 cm³/mol. The zero-order valence-corrected chi connectivity index (χ0v) is 13.6. The van der Waals surface area contributed by atoms with E-state index in [0.29, 0.717) is 5.56 Å². The first kappa shape index (κ1) is 20.5. The summed E-state index contributed by atoms with van der Waals surface area (Å²) in [5.41, 5.74) is 4.80. The third kappa shape index (κ3) is 7.23. The molecule has 2 amide bonds. The van der Waals surface area contributed by atoms with E-state index in [4.69, 9.17) is 5.73 Å². The fourth-order valence-corrected chi connectivity index (χ4v) is 2.00. The molecule has 0 aliphatic rings. The third-order valence-corrected chi connectivity index (χ3v) is 3.26. The summed E-state index contributed by atoms with van der Waals surface area (Å²) >= 11 is 0. The van der Waals surface area contributed by atoms with Crippen LogP contribution in [0.3, 0.4) is 0 Å². The van der Waals surface area contributed by atoms with Crippen molar-refractivity contribution in [2.24, 2.45) is 5.73 Å². The van der Waals surface area contributed by atoms with E-state index in [1.54, 1.807) is 6.92 Å². The van der Waals surface area contributed by atoms with Crippen LogP contribution in [-0.2, 0) is 31.7 Å². The Hall–Kier alpha value is -2.58. The van der Waals surface area contributed by atoms with E-state index < -0.39 is 35.6 Å². The van der Waals surface area contributed by atoms with Gasteiger partial charge in [-0.1, -0.05) is 12.1 Å². The SMILES string of the molecule is CCOC(=O)CCC(=O)N[C@H](Cc1ccc(C(F)(F)F)cc1)C(N)=O. The Balaban J connectivity index is 2.64. The van der Waals surface area contributed by atoms with Crippen LogP contribution in [-0.4, -0.2) is 30.4 Å². The number of carbonyl (C=O) groups excluding carboxylic acids is 3. The molecule has 1 rings (SSSR count). The quantitative estimate of drug-likeness (QED) is 0.688. The molecule has 0 radical (unpaired) electrons. The van der Waals surface area contributed by atoms with Gasteiger partial charge in [0.05, 0.1) is 18.6 Å². The molecule has 138 valence electrons. The molecule has 0 saturated heterocycles. The number of carbonyl (C=O) groups is 3. The number of primary amides is 1. The number of hydrogen-bond donors (Lipinski definition) is 2. The zero-order valence-electron chi connectivity index (χ0n) is 13.6. The second-order valence-electron chi connectivity index (χ2n) is 5.23. The minimum Gasteiger partial charge on any atom is -0.466 e. The Bertz CT molecular complexity index is 615. The lowest BCUT2D eigenvalue weighted by molar-refractivity contribution is -0.144. The Morgan fingerprint density at radius 2 is 1.76 bits per heavy atom. The minimum absolute atomic E-state index is 0.0569. The van der Waals surface area contributed by atoms with E-state index >= 15 is 0 Å². The van der Waals surface area contributed by atoms with Crippen LogP contribution in [0.2, 0.25) is 0 Å². The molecular weight excluding hydrogens is 341 g/mol. The highest BCUT2D eigenvalue weighted by molar-refractivity contribution is 5.88. The number of benzene rings is 1. The van der Waals surface area contributed by atoms with E-state index in [2.05, 4.69) is 10.1 Å². The van der Waals surface area contributed by atoms with Crippen molar-refractivity contribution in [2.75, 3.05) is 6.61 Å². The Morgan fingerprint density at radius 3 is 2.24 bits per heavy atom. The van der Waals surface area contributed by atoms with Gasteiger partial charge < -0.3 is 15.8 Å². The number of amides is 2. The number of halogens is 3. The molecule has 1 atom stereocenters. The molecule has 3 N–H and O–H groups in total. The van der Waals surface area contributed by atoms with Crippen molar-refractivity contribution in [3.8, 4) is 0 Å². The molecule has 0 unspecified atom stereocenters. The number of nitrogens with one attached hydrogen (secondary N) is 1. The first-order chi connectivity index (χ1) is 11.6. The van der Waals surface area contributed by atoms with Gasteiger partial charge in [-0.3, -0.25) is 14.4 Å². The van der Waals surface area contributed by atoms with Gasteiger partial charge in [-0.05, 0) is 24.6 Å². The van der Waals surface area contributed by atoms with E-state index in [1.165, 1.54) is 12.1 Å². The zero-order chi connectivity index (χ0) is 19.0. The van der Waals surface area contributed by atoms with E-state index in [0.717, 1.165) is 12.1 Å².